The summed E-state index contributed by atoms with van der Waals surface area (Å²) in [6.45, 7) is 0. The van der Waals surface area contributed by atoms with Gasteiger partial charge in [-0.3, -0.25) is 0 Å². The predicted molar refractivity (Wildman–Crippen MR) is 66.6 cm³/mol. The Morgan fingerprint density at radius 3 is 1.95 bits per heavy atom. The van der Waals surface area contributed by atoms with Crippen molar-refractivity contribution in [3.8, 4) is 0 Å². The third-order valence-electron chi connectivity index (χ3n) is 3.96. The van der Waals surface area contributed by atoms with E-state index in [1.54, 1.807) is 0 Å². The van der Waals surface area contributed by atoms with Crippen molar-refractivity contribution in [3.63, 3.8) is 0 Å². The van der Waals surface area contributed by atoms with Crippen LogP contribution in [0.4, 0.5) is 19.4 Å². The van der Waals surface area contributed by atoms with Crippen molar-refractivity contribution in [1.29, 1.82) is 0 Å². The molecule has 3 rings (SSSR count). The van der Waals surface area contributed by atoms with Gasteiger partial charge in [0.1, 0.15) is 4.90 Å². The zero-order valence-corrected chi connectivity index (χ0v) is 10.8. The van der Waals surface area contributed by atoms with Crippen LogP contribution >= 0.6 is 10.2 Å². The number of hydrogen-bond donors (Lipinski definition) is 0. The number of hydrogen-bond acceptors (Lipinski definition) is 0. The number of benzene rings is 1. The van der Waals surface area contributed by atoms with Gasteiger partial charge in [0.25, 0.3) is 0 Å². The lowest BCUT2D eigenvalue weighted by Gasteiger charge is -2.40. The van der Waals surface area contributed by atoms with Crippen LogP contribution in [0.25, 0.3) is 5.57 Å². The van der Waals surface area contributed by atoms with Gasteiger partial charge in [-0.15, -0.1) is 0 Å². The molecule has 0 spiro atoms. The van der Waals surface area contributed by atoms with Gasteiger partial charge in [0.05, 0.1) is 0 Å². The van der Waals surface area contributed by atoms with Crippen molar-refractivity contribution < 1.29 is 19.4 Å². The molecule has 106 valence electrons. The van der Waals surface area contributed by atoms with Gasteiger partial charge in [0.2, 0.25) is 0 Å². The van der Waals surface area contributed by atoms with Crippen molar-refractivity contribution in [2.45, 2.75) is 24.2 Å². The SMILES string of the molecule is FS(F)(F)(F)(F)c1ccc(C2=CC3CCC2C3)cc1. The molecule has 1 aromatic carbocycles. The Kier molecular flexibility index (Phi) is 2.16. The smallest absolute Gasteiger partial charge is 0.0936 e. The molecule has 0 aromatic heterocycles. The van der Waals surface area contributed by atoms with Crippen LogP contribution in [-0.4, -0.2) is 0 Å². The monoisotopic (exact) mass is 296 g/mol. The van der Waals surface area contributed by atoms with Crippen LogP contribution in [0.1, 0.15) is 24.8 Å². The van der Waals surface area contributed by atoms with Crippen LogP contribution in [0.2, 0.25) is 0 Å². The molecule has 1 aromatic rings. The Balaban J connectivity index is 1.95. The number of rotatable bonds is 2. The van der Waals surface area contributed by atoms with Gasteiger partial charge in [-0.25, -0.2) is 0 Å². The molecule has 0 amide bonds. The minimum atomic E-state index is -9.54. The second-order valence-electron chi connectivity index (χ2n) is 5.39. The minimum Gasteiger partial charge on any atom is -0.0936 e. The first kappa shape index (κ1) is 13.0. The van der Waals surface area contributed by atoms with Gasteiger partial charge in [-0.2, -0.15) is 0 Å². The van der Waals surface area contributed by atoms with Crippen molar-refractivity contribution in [3.05, 3.63) is 35.9 Å². The van der Waals surface area contributed by atoms with Gasteiger partial charge in [-0.05, 0) is 54.4 Å². The van der Waals surface area contributed by atoms with Gasteiger partial charge in [0, 0.05) is 0 Å². The third-order valence-corrected chi connectivity index (χ3v) is 5.12. The van der Waals surface area contributed by atoms with Gasteiger partial charge < -0.3 is 0 Å². The van der Waals surface area contributed by atoms with E-state index in [9.17, 15) is 19.4 Å². The third kappa shape index (κ3) is 2.38. The second kappa shape index (κ2) is 3.16. The molecule has 6 heteroatoms. The lowest BCUT2D eigenvalue weighted by Crippen LogP contribution is -2.06. The maximum Gasteiger partial charge on any atom is 0.310 e. The largest absolute Gasteiger partial charge is 0.310 e. The molecule has 2 unspecified atom stereocenters. The van der Waals surface area contributed by atoms with Crippen LogP contribution < -0.4 is 0 Å². The van der Waals surface area contributed by atoms with E-state index in [2.05, 4.69) is 6.08 Å². The normalized spacial score (nSPS) is 29.8. The average molecular weight is 296 g/mol. The molecular weight excluding hydrogens is 283 g/mol. The molecule has 2 aliphatic rings. The van der Waals surface area contributed by atoms with Gasteiger partial charge in [0.15, 0.2) is 0 Å². The molecule has 0 aliphatic heterocycles. The highest BCUT2D eigenvalue weighted by Gasteiger charge is 2.65. The Morgan fingerprint density at radius 1 is 0.895 bits per heavy atom. The van der Waals surface area contributed by atoms with E-state index >= 15 is 0 Å². The fourth-order valence-electron chi connectivity index (χ4n) is 3.08. The predicted octanol–water partition coefficient (Wildman–Crippen LogP) is 6.16. The van der Waals surface area contributed by atoms with Crippen molar-refractivity contribution >= 4 is 15.8 Å². The highest BCUT2D eigenvalue weighted by atomic mass is 32.5. The lowest BCUT2D eigenvalue weighted by molar-refractivity contribution is 0.364. The summed E-state index contributed by atoms with van der Waals surface area (Å²) >= 11 is 0. The number of fused-ring (bicyclic) bond motifs is 2. The van der Waals surface area contributed by atoms with E-state index in [1.807, 2.05) is 0 Å². The molecule has 0 saturated heterocycles. The standard InChI is InChI=1S/C13H13F5S/c14-19(15,16,17,18)12-5-3-10(4-6-12)13-8-9-1-2-11(13)7-9/h3-6,8-9,11H,1-2,7H2. The molecule has 19 heavy (non-hydrogen) atoms. The summed E-state index contributed by atoms with van der Waals surface area (Å²) in [5, 5.41) is 0. The number of allylic oxidation sites excluding steroid dienone is 2. The first-order valence-electron chi connectivity index (χ1n) is 6.09. The van der Waals surface area contributed by atoms with E-state index in [-0.39, 0.29) is 0 Å². The molecule has 0 heterocycles. The maximum absolute atomic E-state index is 12.6. The zero-order valence-electron chi connectivity index (χ0n) is 9.96. The highest BCUT2D eigenvalue weighted by molar-refractivity contribution is 8.45. The first-order valence-corrected chi connectivity index (χ1v) is 8.04. The summed E-state index contributed by atoms with van der Waals surface area (Å²) in [6.07, 6.45) is 5.28. The summed E-state index contributed by atoms with van der Waals surface area (Å²) in [6, 6.07) is 3.34. The fourth-order valence-corrected chi connectivity index (χ4v) is 3.73. The Labute approximate surface area is 108 Å². The molecule has 2 bridgehead atoms. The molecule has 0 radical (unpaired) electrons. The van der Waals surface area contributed by atoms with E-state index in [0.717, 1.165) is 24.8 Å². The quantitative estimate of drug-likeness (QED) is 0.573. The fraction of sp³-hybridized carbons (Fsp3) is 0.385. The summed E-state index contributed by atoms with van der Waals surface area (Å²) in [4.78, 5) is -1.81. The summed E-state index contributed by atoms with van der Waals surface area (Å²) in [5.74, 6) is 0.895. The Morgan fingerprint density at radius 2 is 1.53 bits per heavy atom. The molecule has 0 N–H and O–H groups in total. The second-order valence-corrected chi connectivity index (χ2v) is 7.79. The minimum absolute atomic E-state index is 0.385. The maximum atomic E-state index is 12.6. The van der Waals surface area contributed by atoms with Crippen LogP contribution in [0.3, 0.4) is 0 Å². The topological polar surface area (TPSA) is 0 Å². The Hall–Kier alpha value is -1.04. The van der Waals surface area contributed by atoms with Crippen LogP contribution in [0, 0.1) is 11.8 Å². The van der Waals surface area contributed by atoms with Crippen molar-refractivity contribution in [2.75, 3.05) is 0 Å². The first-order chi connectivity index (χ1) is 8.53. The van der Waals surface area contributed by atoms with E-state index < -0.39 is 15.1 Å². The van der Waals surface area contributed by atoms with Gasteiger partial charge in [-0.1, -0.05) is 37.6 Å². The van der Waals surface area contributed by atoms with E-state index in [1.165, 1.54) is 12.1 Å². The van der Waals surface area contributed by atoms with Crippen molar-refractivity contribution in [1.82, 2.24) is 0 Å². The molecular formula is C13H13F5S. The highest BCUT2D eigenvalue weighted by Crippen LogP contribution is 3.02. The van der Waals surface area contributed by atoms with E-state index in [0.29, 0.717) is 29.5 Å². The zero-order chi connectivity index (χ0) is 14.0. The summed E-state index contributed by atoms with van der Waals surface area (Å²) in [7, 11) is -9.54. The van der Waals surface area contributed by atoms with Crippen LogP contribution in [0.5, 0.6) is 0 Å². The summed E-state index contributed by atoms with van der Waals surface area (Å²) < 4.78 is 63.0. The van der Waals surface area contributed by atoms with Gasteiger partial charge >= 0.3 is 10.2 Å². The molecule has 1 fully saturated rings. The van der Waals surface area contributed by atoms with Crippen LogP contribution in [-0.2, 0) is 0 Å². The summed E-state index contributed by atoms with van der Waals surface area (Å²) in [5.41, 5.74) is 1.66. The average Bonchev–Trinajstić information content (AvgIpc) is 2.87. The lowest BCUT2D eigenvalue weighted by atomic mass is 9.92. The molecule has 0 nitrogen and oxygen atoms in total. The number of halogens is 5. The molecule has 2 atom stereocenters. The van der Waals surface area contributed by atoms with Crippen molar-refractivity contribution in [2.24, 2.45) is 11.8 Å². The van der Waals surface area contributed by atoms with E-state index in [4.69, 9.17) is 0 Å². The molecule has 2 aliphatic carbocycles. The molecule has 1 saturated carbocycles. The van der Waals surface area contributed by atoms with Crippen LogP contribution in [0.15, 0.2) is 35.2 Å². The Bertz CT molecular complexity index is 555.